The molecule has 1 aromatic heterocycles. The van der Waals surface area contributed by atoms with E-state index in [2.05, 4.69) is 5.10 Å². The maximum Gasteiger partial charge on any atom is 0.339 e. The van der Waals surface area contributed by atoms with Crippen LogP contribution in [0.5, 0.6) is 5.75 Å². The van der Waals surface area contributed by atoms with Crippen LogP contribution in [0.15, 0.2) is 36.7 Å². The number of aromatic nitrogens is 2. The van der Waals surface area contributed by atoms with Gasteiger partial charge < -0.3 is 14.6 Å². The van der Waals surface area contributed by atoms with Crippen molar-refractivity contribution in [1.82, 2.24) is 9.78 Å². The lowest BCUT2D eigenvalue weighted by molar-refractivity contribution is 0.0696. The summed E-state index contributed by atoms with van der Waals surface area (Å²) in [4.78, 5) is 11.2. The number of ether oxygens (including phenoxy) is 2. The largest absolute Gasteiger partial charge is 0.504 e. The Balaban J connectivity index is 2.30. The van der Waals surface area contributed by atoms with Gasteiger partial charge in [0.2, 0.25) is 0 Å². The number of carboxylic acids is 1. The normalized spacial score (nSPS) is 10.8. The Bertz CT molecular complexity index is 644. The summed E-state index contributed by atoms with van der Waals surface area (Å²) in [5.41, 5.74) is 1.61. The number of nitrogens with zero attached hydrogens (tertiary/aromatic N) is 2. The third-order valence-corrected chi connectivity index (χ3v) is 2.96. The van der Waals surface area contributed by atoms with Crippen LogP contribution in [0.4, 0.5) is 0 Å². The van der Waals surface area contributed by atoms with E-state index in [9.17, 15) is 4.79 Å². The van der Waals surface area contributed by atoms with Crippen LogP contribution in [-0.4, -0.2) is 35.1 Å². The van der Waals surface area contributed by atoms with Gasteiger partial charge in [0.05, 0.1) is 38.9 Å². The first kappa shape index (κ1) is 14.6. The lowest BCUT2D eigenvalue weighted by Crippen LogP contribution is -2.06. The lowest BCUT2D eigenvalue weighted by atomic mass is 10.2. The predicted octanol–water partition coefficient (Wildman–Crippen LogP) is 2.26. The fourth-order valence-electron chi connectivity index (χ4n) is 1.90. The van der Waals surface area contributed by atoms with E-state index in [1.165, 1.54) is 19.6 Å². The molecule has 0 aliphatic carbocycles. The molecule has 0 fully saturated rings. The Hall–Kier alpha value is -2.76. The molecule has 2 aromatic rings. The Morgan fingerprint density at radius 1 is 1.33 bits per heavy atom. The second-order valence-corrected chi connectivity index (χ2v) is 4.29. The predicted molar refractivity (Wildman–Crippen MR) is 77.3 cm³/mol. The van der Waals surface area contributed by atoms with Gasteiger partial charge in [0.25, 0.3) is 0 Å². The van der Waals surface area contributed by atoms with Gasteiger partial charge in [-0.1, -0.05) is 12.1 Å². The monoisotopic (exact) mass is 288 g/mol. The van der Waals surface area contributed by atoms with Crippen molar-refractivity contribution in [1.29, 1.82) is 0 Å². The van der Waals surface area contributed by atoms with Gasteiger partial charge in [0.15, 0.2) is 0 Å². The van der Waals surface area contributed by atoms with Gasteiger partial charge in [-0.15, -0.1) is 0 Å². The standard InChI is InChI=1S/C15H16N2O4/c1-20-8-7-14-13(15(18)19)9-16-17(14)10-11-3-5-12(21-2)6-4-11/h3-9H,10H2,1-2H3,(H,18,19). The van der Waals surface area contributed by atoms with E-state index in [0.717, 1.165) is 11.3 Å². The maximum atomic E-state index is 11.2. The molecule has 6 nitrogen and oxygen atoms in total. The molecule has 6 heteroatoms. The molecule has 0 aliphatic rings. The van der Waals surface area contributed by atoms with Crippen LogP contribution < -0.4 is 4.74 Å². The van der Waals surface area contributed by atoms with Crippen molar-refractivity contribution in [3.63, 3.8) is 0 Å². The summed E-state index contributed by atoms with van der Waals surface area (Å²) >= 11 is 0. The maximum absolute atomic E-state index is 11.2. The molecule has 0 radical (unpaired) electrons. The molecule has 21 heavy (non-hydrogen) atoms. The first-order chi connectivity index (χ1) is 10.2. The van der Waals surface area contributed by atoms with Crippen molar-refractivity contribution in [2.45, 2.75) is 6.54 Å². The van der Waals surface area contributed by atoms with E-state index in [-0.39, 0.29) is 5.56 Å². The molecule has 0 unspecified atom stereocenters. The van der Waals surface area contributed by atoms with Crippen LogP contribution in [0.2, 0.25) is 0 Å². The first-order valence-corrected chi connectivity index (χ1v) is 6.27. The second kappa shape index (κ2) is 6.60. The Morgan fingerprint density at radius 3 is 2.62 bits per heavy atom. The summed E-state index contributed by atoms with van der Waals surface area (Å²) in [6.07, 6.45) is 4.34. The summed E-state index contributed by atoms with van der Waals surface area (Å²) in [5.74, 6) is -0.253. The summed E-state index contributed by atoms with van der Waals surface area (Å²) in [7, 11) is 3.11. The van der Waals surface area contributed by atoms with E-state index < -0.39 is 5.97 Å². The second-order valence-electron chi connectivity index (χ2n) is 4.29. The first-order valence-electron chi connectivity index (χ1n) is 6.27. The molecule has 0 saturated carbocycles. The van der Waals surface area contributed by atoms with Gasteiger partial charge in [-0.25, -0.2) is 4.79 Å². The van der Waals surface area contributed by atoms with Gasteiger partial charge in [-0.3, -0.25) is 4.68 Å². The van der Waals surface area contributed by atoms with Crippen molar-refractivity contribution in [2.24, 2.45) is 0 Å². The third kappa shape index (κ3) is 3.42. The third-order valence-electron chi connectivity index (χ3n) is 2.96. The highest BCUT2D eigenvalue weighted by Crippen LogP contribution is 2.16. The van der Waals surface area contributed by atoms with Crippen LogP contribution in [-0.2, 0) is 11.3 Å². The smallest absolute Gasteiger partial charge is 0.339 e. The van der Waals surface area contributed by atoms with Crippen molar-refractivity contribution in [2.75, 3.05) is 14.2 Å². The zero-order valence-corrected chi connectivity index (χ0v) is 11.8. The van der Waals surface area contributed by atoms with Crippen molar-refractivity contribution in [3.05, 3.63) is 53.5 Å². The van der Waals surface area contributed by atoms with Crippen LogP contribution >= 0.6 is 0 Å². The molecular formula is C15H16N2O4. The van der Waals surface area contributed by atoms with Crippen molar-refractivity contribution >= 4 is 12.0 Å². The zero-order chi connectivity index (χ0) is 15.2. The fraction of sp³-hybridized carbons (Fsp3) is 0.200. The van der Waals surface area contributed by atoms with Gasteiger partial charge in [0, 0.05) is 0 Å². The average molecular weight is 288 g/mol. The van der Waals surface area contributed by atoms with Crippen molar-refractivity contribution < 1.29 is 19.4 Å². The molecule has 1 aromatic carbocycles. The Kier molecular flexibility index (Phi) is 4.61. The molecule has 0 spiro atoms. The van der Waals surface area contributed by atoms with E-state index >= 15 is 0 Å². The quantitative estimate of drug-likeness (QED) is 0.825. The highest BCUT2D eigenvalue weighted by molar-refractivity contribution is 5.91. The van der Waals surface area contributed by atoms with Crippen LogP contribution in [0, 0.1) is 0 Å². The fourth-order valence-corrected chi connectivity index (χ4v) is 1.90. The number of hydrogen-bond acceptors (Lipinski definition) is 4. The lowest BCUT2D eigenvalue weighted by Gasteiger charge is -2.07. The molecule has 110 valence electrons. The summed E-state index contributed by atoms with van der Waals surface area (Å²) < 4.78 is 11.6. The highest BCUT2D eigenvalue weighted by Gasteiger charge is 2.14. The molecular weight excluding hydrogens is 272 g/mol. The Morgan fingerprint density at radius 2 is 2.05 bits per heavy atom. The van der Waals surface area contributed by atoms with E-state index in [0.29, 0.717) is 12.2 Å². The highest BCUT2D eigenvalue weighted by atomic mass is 16.5. The summed E-state index contributed by atoms with van der Waals surface area (Å²) in [6.45, 7) is 0.459. The topological polar surface area (TPSA) is 73.6 Å². The molecule has 0 atom stereocenters. The minimum absolute atomic E-state index is 0.136. The van der Waals surface area contributed by atoms with Gasteiger partial charge >= 0.3 is 5.97 Å². The molecule has 0 bridgehead atoms. The number of rotatable bonds is 6. The zero-order valence-electron chi connectivity index (χ0n) is 11.8. The van der Waals surface area contributed by atoms with Crippen LogP contribution in [0.25, 0.3) is 6.08 Å². The summed E-state index contributed by atoms with van der Waals surface area (Å²) in [5, 5.41) is 13.3. The summed E-state index contributed by atoms with van der Waals surface area (Å²) in [6, 6.07) is 7.51. The minimum atomic E-state index is -1.02. The number of hydrogen-bond donors (Lipinski definition) is 1. The molecule has 1 N–H and O–H groups in total. The van der Waals surface area contributed by atoms with Crippen LogP contribution in [0.1, 0.15) is 21.6 Å². The number of carboxylic acid groups (broad SMARTS) is 1. The van der Waals surface area contributed by atoms with Gasteiger partial charge in [-0.2, -0.15) is 5.10 Å². The van der Waals surface area contributed by atoms with Crippen LogP contribution in [0.3, 0.4) is 0 Å². The number of aromatic carboxylic acids is 1. The average Bonchev–Trinajstić information content (AvgIpc) is 2.89. The number of benzene rings is 1. The van der Waals surface area contributed by atoms with E-state index in [1.807, 2.05) is 24.3 Å². The molecule has 0 amide bonds. The minimum Gasteiger partial charge on any atom is -0.504 e. The van der Waals surface area contributed by atoms with Gasteiger partial charge in [-0.05, 0) is 23.8 Å². The number of carbonyl (C=O) groups is 1. The molecule has 0 saturated heterocycles. The Labute approximate surface area is 122 Å². The van der Waals surface area contributed by atoms with Gasteiger partial charge in [0.1, 0.15) is 11.3 Å². The van der Waals surface area contributed by atoms with E-state index in [4.69, 9.17) is 14.6 Å². The molecule has 1 heterocycles. The molecule has 0 aliphatic heterocycles. The number of methoxy groups -OCH3 is 2. The van der Waals surface area contributed by atoms with E-state index in [1.54, 1.807) is 17.9 Å². The SMILES string of the molecule is COC=Cc1c(C(=O)O)cnn1Cc1ccc(OC)cc1. The molecule has 2 rings (SSSR count). The van der Waals surface area contributed by atoms with Crippen molar-refractivity contribution in [3.8, 4) is 5.75 Å².